The van der Waals surface area contributed by atoms with Crippen LogP contribution in [0.1, 0.15) is 21.5 Å². The molecule has 0 spiro atoms. The molecule has 0 aliphatic carbocycles. The first-order valence-corrected chi connectivity index (χ1v) is 3.42. The van der Waals surface area contributed by atoms with E-state index in [0.717, 1.165) is 11.1 Å². The number of carboxylic acid groups (broad SMARTS) is 1. The van der Waals surface area contributed by atoms with Crippen molar-refractivity contribution in [3.8, 4) is 0 Å². The van der Waals surface area contributed by atoms with Gasteiger partial charge in [0.1, 0.15) is 0 Å². The van der Waals surface area contributed by atoms with E-state index < -0.39 is 5.97 Å². The standard InChI is InChI=1S/C9H10O2.2ClH/c1-6-4-3-5-8(7(6)2)9(10)11;;/h3-5H,1-2H3,(H,10,11);2*1H. The smallest absolute Gasteiger partial charge is 0.335 e. The fourth-order valence-corrected chi connectivity index (χ4v) is 0.983. The number of hydrogen-bond acceptors (Lipinski definition) is 1. The molecule has 0 saturated carbocycles. The SMILES string of the molecule is Cc1cccc(C(=O)O)c1C.Cl.Cl. The van der Waals surface area contributed by atoms with Crippen molar-refractivity contribution in [2.45, 2.75) is 13.8 Å². The van der Waals surface area contributed by atoms with E-state index in [1.54, 1.807) is 12.1 Å². The first-order chi connectivity index (χ1) is 5.13. The number of aryl methyl sites for hydroxylation is 1. The monoisotopic (exact) mass is 222 g/mol. The van der Waals surface area contributed by atoms with Crippen molar-refractivity contribution in [1.29, 1.82) is 0 Å². The van der Waals surface area contributed by atoms with E-state index in [0.29, 0.717) is 5.56 Å². The van der Waals surface area contributed by atoms with E-state index in [2.05, 4.69) is 0 Å². The highest BCUT2D eigenvalue weighted by atomic mass is 35.5. The number of aromatic carboxylic acids is 1. The van der Waals surface area contributed by atoms with Crippen molar-refractivity contribution >= 4 is 30.8 Å². The summed E-state index contributed by atoms with van der Waals surface area (Å²) in [6, 6.07) is 5.28. The van der Waals surface area contributed by atoms with Crippen LogP contribution in [-0.2, 0) is 0 Å². The van der Waals surface area contributed by atoms with Crippen LogP contribution >= 0.6 is 24.8 Å². The number of carboxylic acids is 1. The second-order valence-corrected chi connectivity index (χ2v) is 2.55. The predicted octanol–water partition coefficient (Wildman–Crippen LogP) is 2.85. The molecule has 0 radical (unpaired) electrons. The lowest BCUT2D eigenvalue weighted by molar-refractivity contribution is 0.0696. The van der Waals surface area contributed by atoms with Gasteiger partial charge in [0.25, 0.3) is 0 Å². The molecular formula is C9H12Cl2O2. The molecule has 0 bridgehead atoms. The Labute approximate surface area is 89.8 Å². The second kappa shape index (κ2) is 5.84. The summed E-state index contributed by atoms with van der Waals surface area (Å²) in [6.45, 7) is 3.72. The molecule has 4 heteroatoms. The quantitative estimate of drug-likeness (QED) is 0.794. The molecule has 0 unspecified atom stereocenters. The van der Waals surface area contributed by atoms with Crippen LogP contribution in [0.25, 0.3) is 0 Å². The summed E-state index contributed by atoms with van der Waals surface area (Å²) >= 11 is 0. The molecule has 0 aliphatic heterocycles. The summed E-state index contributed by atoms with van der Waals surface area (Å²) in [4.78, 5) is 10.6. The molecule has 0 saturated heterocycles. The number of halogens is 2. The van der Waals surface area contributed by atoms with Crippen LogP contribution in [0.5, 0.6) is 0 Å². The van der Waals surface area contributed by atoms with Gasteiger partial charge in [0.2, 0.25) is 0 Å². The maximum atomic E-state index is 10.6. The summed E-state index contributed by atoms with van der Waals surface area (Å²) in [5.74, 6) is -0.855. The van der Waals surface area contributed by atoms with Crippen molar-refractivity contribution < 1.29 is 9.90 Å². The lowest BCUT2D eigenvalue weighted by atomic mass is 10.0. The number of hydrogen-bond donors (Lipinski definition) is 1. The molecule has 0 amide bonds. The second-order valence-electron chi connectivity index (χ2n) is 2.55. The predicted molar refractivity (Wildman–Crippen MR) is 57.4 cm³/mol. The Hall–Kier alpha value is -0.730. The van der Waals surface area contributed by atoms with Crippen LogP contribution in [0.3, 0.4) is 0 Å². The van der Waals surface area contributed by atoms with Gasteiger partial charge in [-0.3, -0.25) is 0 Å². The van der Waals surface area contributed by atoms with Crippen molar-refractivity contribution in [2.75, 3.05) is 0 Å². The zero-order valence-electron chi connectivity index (χ0n) is 7.40. The van der Waals surface area contributed by atoms with Gasteiger partial charge in [-0.2, -0.15) is 0 Å². The topological polar surface area (TPSA) is 37.3 Å². The van der Waals surface area contributed by atoms with Gasteiger partial charge in [-0.25, -0.2) is 4.79 Å². The number of carbonyl (C=O) groups is 1. The molecule has 1 aromatic rings. The zero-order valence-corrected chi connectivity index (χ0v) is 9.04. The molecule has 1 rings (SSSR count). The average molecular weight is 223 g/mol. The number of rotatable bonds is 1. The van der Waals surface area contributed by atoms with E-state index in [-0.39, 0.29) is 24.8 Å². The molecule has 2 nitrogen and oxygen atoms in total. The van der Waals surface area contributed by atoms with E-state index in [1.165, 1.54) is 0 Å². The maximum absolute atomic E-state index is 10.6. The Morgan fingerprint density at radius 3 is 2.15 bits per heavy atom. The zero-order chi connectivity index (χ0) is 8.43. The molecule has 0 heterocycles. The van der Waals surface area contributed by atoms with Crippen molar-refractivity contribution in [1.82, 2.24) is 0 Å². The molecule has 74 valence electrons. The van der Waals surface area contributed by atoms with E-state index >= 15 is 0 Å². The van der Waals surface area contributed by atoms with Gasteiger partial charge in [-0.1, -0.05) is 12.1 Å². The molecule has 1 N–H and O–H groups in total. The van der Waals surface area contributed by atoms with E-state index in [1.807, 2.05) is 19.9 Å². The van der Waals surface area contributed by atoms with Crippen LogP contribution < -0.4 is 0 Å². The van der Waals surface area contributed by atoms with Crippen molar-refractivity contribution in [3.05, 3.63) is 34.9 Å². The third kappa shape index (κ3) is 3.25. The van der Waals surface area contributed by atoms with Crippen LogP contribution in [0.4, 0.5) is 0 Å². The van der Waals surface area contributed by atoms with Crippen molar-refractivity contribution in [3.63, 3.8) is 0 Å². The summed E-state index contributed by atoms with van der Waals surface area (Å²) in [7, 11) is 0. The van der Waals surface area contributed by atoms with Gasteiger partial charge in [0, 0.05) is 0 Å². The third-order valence-electron chi connectivity index (χ3n) is 1.84. The highest BCUT2D eigenvalue weighted by Crippen LogP contribution is 2.11. The summed E-state index contributed by atoms with van der Waals surface area (Å²) in [6.07, 6.45) is 0. The van der Waals surface area contributed by atoms with Crippen LogP contribution in [-0.4, -0.2) is 11.1 Å². The average Bonchev–Trinajstić information content (AvgIpc) is 1.94. The maximum Gasteiger partial charge on any atom is 0.335 e. The fraction of sp³-hybridized carbons (Fsp3) is 0.222. The molecule has 0 atom stereocenters. The van der Waals surface area contributed by atoms with Gasteiger partial charge in [0.15, 0.2) is 0 Å². The molecule has 1 aromatic carbocycles. The molecule has 0 aromatic heterocycles. The Balaban J connectivity index is 0. The molecule has 0 fully saturated rings. The third-order valence-corrected chi connectivity index (χ3v) is 1.84. The minimum Gasteiger partial charge on any atom is -0.478 e. The minimum atomic E-state index is -0.855. The Morgan fingerprint density at radius 2 is 1.77 bits per heavy atom. The Bertz CT molecular complexity index is 298. The van der Waals surface area contributed by atoms with Crippen LogP contribution in [0.2, 0.25) is 0 Å². The summed E-state index contributed by atoms with van der Waals surface area (Å²) in [5, 5.41) is 8.69. The van der Waals surface area contributed by atoms with Gasteiger partial charge in [-0.15, -0.1) is 24.8 Å². The molecule has 13 heavy (non-hydrogen) atoms. The summed E-state index contributed by atoms with van der Waals surface area (Å²) in [5.41, 5.74) is 2.26. The van der Waals surface area contributed by atoms with E-state index in [4.69, 9.17) is 5.11 Å². The summed E-state index contributed by atoms with van der Waals surface area (Å²) < 4.78 is 0. The molecular weight excluding hydrogens is 211 g/mol. The minimum absolute atomic E-state index is 0. The fourth-order valence-electron chi connectivity index (χ4n) is 0.983. The largest absolute Gasteiger partial charge is 0.478 e. The Kier molecular flexibility index (Phi) is 6.63. The lowest BCUT2D eigenvalue weighted by Crippen LogP contribution is -2.00. The highest BCUT2D eigenvalue weighted by molar-refractivity contribution is 5.89. The molecule has 0 aliphatic rings. The van der Waals surface area contributed by atoms with Gasteiger partial charge in [0.05, 0.1) is 5.56 Å². The lowest BCUT2D eigenvalue weighted by Gasteiger charge is -2.02. The first kappa shape index (κ1) is 14.8. The Morgan fingerprint density at radius 1 is 1.23 bits per heavy atom. The van der Waals surface area contributed by atoms with Gasteiger partial charge >= 0.3 is 5.97 Å². The first-order valence-electron chi connectivity index (χ1n) is 3.42. The van der Waals surface area contributed by atoms with E-state index in [9.17, 15) is 4.79 Å². The van der Waals surface area contributed by atoms with Gasteiger partial charge < -0.3 is 5.11 Å². The van der Waals surface area contributed by atoms with Gasteiger partial charge in [-0.05, 0) is 31.0 Å². The van der Waals surface area contributed by atoms with Crippen molar-refractivity contribution in [2.24, 2.45) is 0 Å². The van der Waals surface area contributed by atoms with Crippen LogP contribution in [0.15, 0.2) is 18.2 Å². The normalized spacial score (nSPS) is 8.15. The number of benzene rings is 1. The van der Waals surface area contributed by atoms with Crippen LogP contribution in [0, 0.1) is 13.8 Å². The highest BCUT2D eigenvalue weighted by Gasteiger charge is 2.06.